The van der Waals surface area contributed by atoms with E-state index in [0.717, 1.165) is 16.8 Å². The summed E-state index contributed by atoms with van der Waals surface area (Å²) in [7, 11) is 3.40. The Bertz CT molecular complexity index is 1540. The lowest BCUT2D eigenvalue weighted by molar-refractivity contribution is 0.0981. The van der Waals surface area contributed by atoms with Crippen LogP contribution in [0.1, 0.15) is 43.1 Å². The Hall–Kier alpha value is -3.97. The third kappa shape index (κ3) is 6.23. The molecule has 3 aromatic rings. The van der Waals surface area contributed by atoms with Gasteiger partial charge in [0.25, 0.3) is 17.9 Å². The lowest BCUT2D eigenvalue weighted by atomic mass is 10.0. The number of piperazine rings is 1. The fourth-order valence-electron chi connectivity index (χ4n) is 5.58. The highest BCUT2D eigenvalue weighted by Crippen LogP contribution is 2.36. The first-order valence-electron chi connectivity index (χ1n) is 14.2. The molecule has 2 aromatic heterocycles. The van der Waals surface area contributed by atoms with Gasteiger partial charge in [0, 0.05) is 80.1 Å². The van der Waals surface area contributed by atoms with E-state index >= 15 is 4.39 Å². The van der Waals surface area contributed by atoms with Crippen LogP contribution in [0, 0.1) is 5.82 Å². The molecule has 0 radical (unpaired) electrons. The van der Waals surface area contributed by atoms with E-state index in [1.54, 1.807) is 0 Å². The second kappa shape index (κ2) is 12.3. The fourth-order valence-corrected chi connectivity index (χ4v) is 5.58. The summed E-state index contributed by atoms with van der Waals surface area (Å²) in [5, 5.41) is 2.74. The third-order valence-corrected chi connectivity index (χ3v) is 8.35. The Morgan fingerprint density at radius 3 is 2.35 bits per heavy atom. The molecule has 2 fully saturated rings. The summed E-state index contributed by atoms with van der Waals surface area (Å²) >= 11 is 0. The Kier molecular flexibility index (Phi) is 8.74. The van der Waals surface area contributed by atoms with E-state index in [9.17, 15) is 18.4 Å². The topological polar surface area (TPSA) is 95.8 Å². The maximum Gasteiger partial charge on any atom is 0.264 e. The molecule has 0 unspecified atom stereocenters. The van der Waals surface area contributed by atoms with Crippen LogP contribution < -0.4 is 20.7 Å². The quantitative estimate of drug-likeness (QED) is 0.456. The molecule has 1 aromatic carbocycles. The molecule has 10 nitrogen and oxygen atoms in total. The molecule has 2 aliphatic heterocycles. The summed E-state index contributed by atoms with van der Waals surface area (Å²) in [6, 6.07) is 3.94. The van der Waals surface area contributed by atoms with Crippen molar-refractivity contribution in [3.05, 3.63) is 64.1 Å². The normalized spacial score (nSPS) is 21.4. The molecule has 1 N–H and O–H groups in total. The SMILES string of the molecule is C[C@@H]1COCCN1c1ncc(-c2cc(NC(=O)c3cn(C)c(=O)cc3C(F)F)c(N3C[C@@H](C)N(C)[C@@H](C)C3)cc2F)cn1. The number of amides is 1. The number of aromatic nitrogens is 3. The Balaban J connectivity index is 1.55. The van der Waals surface area contributed by atoms with Crippen molar-refractivity contribution in [2.75, 3.05) is 55.0 Å². The van der Waals surface area contributed by atoms with Crippen LogP contribution in [-0.4, -0.2) is 83.4 Å². The number of benzene rings is 1. The highest BCUT2D eigenvalue weighted by molar-refractivity contribution is 6.07. The maximum atomic E-state index is 15.8. The van der Waals surface area contributed by atoms with Gasteiger partial charge in [0.05, 0.1) is 36.2 Å². The first kappa shape index (κ1) is 30.5. The zero-order valence-corrected chi connectivity index (χ0v) is 24.9. The molecule has 3 atom stereocenters. The van der Waals surface area contributed by atoms with Gasteiger partial charge in [-0.25, -0.2) is 23.1 Å². The van der Waals surface area contributed by atoms with Crippen molar-refractivity contribution in [2.24, 2.45) is 7.05 Å². The molecule has 13 heteroatoms. The molecule has 0 spiro atoms. The number of pyridine rings is 1. The molecule has 230 valence electrons. The highest BCUT2D eigenvalue weighted by Gasteiger charge is 2.30. The molecule has 4 heterocycles. The number of nitrogens with one attached hydrogen (secondary N) is 1. The second-order valence-electron chi connectivity index (χ2n) is 11.4. The largest absolute Gasteiger partial charge is 0.377 e. The molecular weight excluding hydrogens is 563 g/mol. The average molecular weight is 600 g/mol. The molecule has 0 saturated carbocycles. The van der Waals surface area contributed by atoms with E-state index in [1.165, 1.54) is 31.6 Å². The summed E-state index contributed by atoms with van der Waals surface area (Å²) in [4.78, 5) is 40.7. The third-order valence-electron chi connectivity index (χ3n) is 8.35. The smallest absolute Gasteiger partial charge is 0.264 e. The van der Waals surface area contributed by atoms with Crippen molar-refractivity contribution in [1.29, 1.82) is 0 Å². The maximum absolute atomic E-state index is 15.8. The number of anilines is 3. The van der Waals surface area contributed by atoms with E-state index in [0.29, 0.717) is 50.0 Å². The Labute approximate surface area is 248 Å². The molecule has 5 rings (SSSR count). The zero-order valence-electron chi connectivity index (χ0n) is 24.9. The van der Waals surface area contributed by atoms with Crippen molar-refractivity contribution in [3.63, 3.8) is 0 Å². The van der Waals surface area contributed by atoms with Crippen LogP contribution in [0.25, 0.3) is 11.1 Å². The molecule has 2 aliphatic rings. The van der Waals surface area contributed by atoms with Crippen LogP contribution in [0.3, 0.4) is 0 Å². The van der Waals surface area contributed by atoms with E-state index in [4.69, 9.17) is 4.74 Å². The summed E-state index contributed by atoms with van der Waals surface area (Å²) < 4.78 is 50.1. The highest BCUT2D eigenvalue weighted by atomic mass is 19.3. The standard InChI is InChI=1S/C30H36F3N7O3/c1-17-13-39(14-18(2)38(17)5)26-10-24(31)21(20-11-34-30(35-12-20)40-6-7-43-16-19(40)3)8-25(26)36-29(42)23-15-37(4)27(41)9-22(23)28(32)33/h8-12,15,17-19,28H,6-7,13-14,16H2,1-5H3,(H,36,42)/t17-,18+,19-/m1/s1. The van der Waals surface area contributed by atoms with Crippen LogP contribution in [0.2, 0.25) is 0 Å². The average Bonchev–Trinajstić information content (AvgIpc) is 2.97. The molecule has 0 bridgehead atoms. The lowest BCUT2D eigenvalue weighted by Gasteiger charge is -2.44. The van der Waals surface area contributed by atoms with Crippen LogP contribution in [-0.2, 0) is 11.8 Å². The lowest BCUT2D eigenvalue weighted by Crippen LogP contribution is -2.55. The van der Waals surface area contributed by atoms with Gasteiger partial charge in [-0.05, 0) is 40.0 Å². The predicted molar refractivity (Wildman–Crippen MR) is 159 cm³/mol. The van der Waals surface area contributed by atoms with E-state index in [-0.39, 0.29) is 34.9 Å². The number of ether oxygens (including phenoxy) is 1. The van der Waals surface area contributed by atoms with E-state index in [2.05, 4.69) is 34.0 Å². The van der Waals surface area contributed by atoms with Crippen molar-refractivity contribution in [2.45, 2.75) is 45.3 Å². The van der Waals surface area contributed by atoms with Gasteiger partial charge in [-0.15, -0.1) is 0 Å². The molecular formula is C30H36F3N7O3. The van der Waals surface area contributed by atoms with Gasteiger partial charge in [0.2, 0.25) is 5.95 Å². The van der Waals surface area contributed by atoms with Crippen molar-refractivity contribution >= 4 is 23.2 Å². The van der Waals surface area contributed by atoms with Gasteiger partial charge in [0.15, 0.2) is 0 Å². The van der Waals surface area contributed by atoms with Crippen LogP contribution in [0.15, 0.2) is 41.6 Å². The Morgan fingerprint density at radius 2 is 1.72 bits per heavy atom. The molecule has 43 heavy (non-hydrogen) atoms. The zero-order chi connectivity index (χ0) is 31.0. The Morgan fingerprint density at radius 1 is 1.05 bits per heavy atom. The van der Waals surface area contributed by atoms with Crippen LogP contribution in [0.4, 0.5) is 30.5 Å². The molecule has 1 amide bonds. The van der Waals surface area contributed by atoms with Gasteiger partial charge in [-0.1, -0.05) is 0 Å². The number of hydrogen-bond acceptors (Lipinski definition) is 8. The number of nitrogens with zero attached hydrogens (tertiary/aromatic N) is 6. The number of likely N-dealkylation sites (N-methyl/N-ethyl adjacent to an activating group) is 1. The molecule has 0 aliphatic carbocycles. The van der Waals surface area contributed by atoms with E-state index < -0.39 is 29.3 Å². The number of rotatable bonds is 6. The predicted octanol–water partition coefficient (Wildman–Crippen LogP) is 3.93. The first-order valence-corrected chi connectivity index (χ1v) is 14.2. The summed E-state index contributed by atoms with van der Waals surface area (Å²) in [6.07, 6.45) is 1.09. The number of morpholine rings is 1. The molecule has 2 saturated heterocycles. The number of aryl methyl sites for hydroxylation is 1. The summed E-state index contributed by atoms with van der Waals surface area (Å²) in [6.45, 7) is 8.97. The minimum Gasteiger partial charge on any atom is -0.377 e. The van der Waals surface area contributed by atoms with E-state index in [1.807, 2.05) is 23.8 Å². The summed E-state index contributed by atoms with van der Waals surface area (Å²) in [5.74, 6) is -0.883. The monoisotopic (exact) mass is 599 g/mol. The van der Waals surface area contributed by atoms with Crippen molar-refractivity contribution in [1.82, 2.24) is 19.4 Å². The van der Waals surface area contributed by atoms with Crippen LogP contribution in [0.5, 0.6) is 0 Å². The van der Waals surface area contributed by atoms with Gasteiger partial charge in [0.1, 0.15) is 5.82 Å². The van der Waals surface area contributed by atoms with Gasteiger partial charge in [-0.2, -0.15) is 0 Å². The van der Waals surface area contributed by atoms with Gasteiger partial charge in [-0.3, -0.25) is 14.5 Å². The fraction of sp³-hybridized carbons (Fsp3) is 0.467. The first-order chi connectivity index (χ1) is 20.4. The number of alkyl halides is 2. The van der Waals surface area contributed by atoms with Gasteiger partial charge >= 0.3 is 0 Å². The number of halogens is 3. The minimum atomic E-state index is -3.04. The minimum absolute atomic E-state index is 0.0846. The second-order valence-corrected chi connectivity index (χ2v) is 11.4. The van der Waals surface area contributed by atoms with Crippen molar-refractivity contribution < 1.29 is 22.7 Å². The number of carbonyl (C=O) groups is 1. The van der Waals surface area contributed by atoms with Gasteiger partial charge < -0.3 is 24.4 Å². The summed E-state index contributed by atoms with van der Waals surface area (Å²) in [5.41, 5.74) is -0.485. The van der Waals surface area contributed by atoms with Crippen molar-refractivity contribution in [3.8, 4) is 11.1 Å². The number of carbonyl (C=O) groups excluding carboxylic acids is 1. The van der Waals surface area contributed by atoms with Crippen LogP contribution >= 0.6 is 0 Å². The number of hydrogen-bond donors (Lipinski definition) is 1.